The van der Waals surface area contributed by atoms with Gasteiger partial charge in [-0.1, -0.05) is 11.8 Å². The Bertz CT molecular complexity index is 642. The van der Waals surface area contributed by atoms with Crippen molar-refractivity contribution in [1.82, 2.24) is 30.8 Å². The molecule has 1 aliphatic heterocycles. The number of hydrogen-bond acceptors (Lipinski definition) is 8. The summed E-state index contributed by atoms with van der Waals surface area (Å²) in [4.78, 5) is 23.1. The molecule has 1 aromatic rings. The molecule has 2 rings (SSSR count). The number of nitrogens with one attached hydrogen (secondary N) is 2. The molecule has 2 heterocycles. The number of rotatable bonds is 4. The lowest BCUT2D eigenvalue weighted by molar-refractivity contribution is -0.117. The largest absolute Gasteiger partial charge is 0.334 e. The molecule has 0 aliphatic carbocycles. The highest BCUT2D eigenvalue weighted by Gasteiger charge is 2.29. The molecular formula is C9H14N6O4S2. The summed E-state index contributed by atoms with van der Waals surface area (Å²) in [7, 11) is -1.44. The van der Waals surface area contributed by atoms with Crippen molar-refractivity contribution in [2.45, 2.75) is 17.6 Å². The number of tetrazole rings is 1. The number of imide groups is 1. The Hall–Kier alpha value is -1.69. The number of carbonyl (C=O) groups is 2. The summed E-state index contributed by atoms with van der Waals surface area (Å²) in [5.41, 5.74) is 0. The lowest BCUT2D eigenvalue weighted by Gasteiger charge is -2.10. The van der Waals surface area contributed by atoms with Gasteiger partial charge < -0.3 is 5.32 Å². The van der Waals surface area contributed by atoms with Gasteiger partial charge in [0.2, 0.25) is 11.1 Å². The first-order chi connectivity index (χ1) is 9.85. The van der Waals surface area contributed by atoms with E-state index in [4.69, 9.17) is 0 Å². The van der Waals surface area contributed by atoms with E-state index in [0.29, 0.717) is 11.6 Å². The predicted octanol–water partition coefficient (Wildman–Crippen LogP) is -1.68. The summed E-state index contributed by atoms with van der Waals surface area (Å²) in [6.45, 7) is 0. The Morgan fingerprint density at radius 2 is 2.24 bits per heavy atom. The number of hydrogen-bond donors (Lipinski definition) is 2. The summed E-state index contributed by atoms with van der Waals surface area (Å²) >= 11 is 1.09. The van der Waals surface area contributed by atoms with Crippen molar-refractivity contribution in [2.24, 2.45) is 7.05 Å². The number of sulfone groups is 1. The van der Waals surface area contributed by atoms with Crippen molar-refractivity contribution in [3.8, 4) is 0 Å². The second kappa shape index (κ2) is 6.39. The number of amides is 3. The van der Waals surface area contributed by atoms with Gasteiger partial charge in [0.25, 0.3) is 0 Å². The zero-order valence-electron chi connectivity index (χ0n) is 11.1. The molecule has 0 radical (unpaired) electrons. The SMILES string of the molecule is Cn1nnnc1SCC(=O)NC(=O)NC1CCS(=O)(=O)C1. The van der Waals surface area contributed by atoms with Gasteiger partial charge in [0.1, 0.15) is 0 Å². The molecule has 3 amide bonds. The van der Waals surface area contributed by atoms with Gasteiger partial charge in [0.15, 0.2) is 9.84 Å². The molecule has 0 saturated carbocycles. The quantitative estimate of drug-likeness (QED) is 0.623. The van der Waals surface area contributed by atoms with Crippen molar-refractivity contribution in [2.75, 3.05) is 17.3 Å². The molecule has 1 saturated heterocycles. The van der Waals surface area contributed by atoms with Gasteiger partial charge in [0.05, 0.1) is 17.3 Å². The smallest absolute Gasteiger partial charge is 0.321 e. The average Bonchev–Trinajstić information content (AvgIpc) is 2.92. The first-order valence-electron chi connectivity index (χ1n) is 6.01. The minimum absolute atomic E-state index is 0.0232. The van der Waals surface area contributed by atoms with Gasteiger partial charge in [-0.25, -0.2) is 17.9 Å². The van der Waals surface area contributed by atoms with Crippen LogP contribution < -0.4 is 10.6 Å². The van der Waals surface area contributed by atoms with Crippen molar-refractivity contribution in [3.05, 3.63) is 0 Å². The molecule has 10 nitrogen and oxygen atoms in total. The summed E-state index contributed by atoms with van der Waals surface area (Å²) in [5.74, 6) is -0.569. The number of thioether (sulfide) groups is 1. The Balaban J connectivity index is 1.73. The summed E-state index contributed by atoms with van der Waals surface area (Å²) in [5, 5.41) is 15.8. The minimum atomic E-state index is -3.07. The fraction of sp³-hybridized carbons (Fsp3) is 0.667. The van der Waals surface area contributed by atoms with Crippen LogP contribution in [0.1, 0.15) is 6.42 Å². The third-order valence-electron chi connectivity index (χ3n) is 2.73. The predicted molar refractivity (Wildman–Crippen MR) is 73.3 cm³/mol. The normalized spacial score (nSPS) is 20.1. The van der Waals surface area contributed by atoms with E-state index in [1.807, 2.05) is 0 Å². The maximum atomic E-state index is 11.6. The standard InChI is InChI=1S/C9H14N6O4S2/c1-15-9(12-13-14-15)20-4-7(16)11-8(17)10-6-2-3-21(18,19)5-6/h6H,2-5H2,1H3,(H2,10,11,16,17). The highest BCUT2D eigenvalue weighted by Crippen LogP contribution is 2.12. The Morgan fingerprint density at radius 3 is 2.81 bits per heavy atom. The van der Waals surface area contributed by atoms with Crippen LogP contribution in [0.3, 0.4) is 0 Å². The van der Waals surface area contributed by atoms with Crippen LogP contribution >= 0.6 is 11.8 Å². The second-order valence-corrected chi connectivity index (χ2v) is 7.67. The Labute approximate surface area is 124 Å². The Kier molecular flexibility index (Phi) is 4.77. The van der Waals surface area contributed by atoms with Gasteiger partial charge in [-0.05, 0) is 16.8 Å². The number of aromatic nitrogens is 4. The van der Waals surface area contributed by atoms with E-state index in [2.05, 4.69) is 26.2 Å². The summed E-state index contributed by atoms with van der Waals surface area (Å²) in [6, 6.07) is -1.14. The highest BCUT2D eigenvalue weighted by atomic mass is 32.2. The van der Waals surface area contributed by atoms with Gasteiger partial charge in [-0.15, -0.1) is 5.10 Å². The third-order valence-corrected chi connectivity index (χ3v) is 5.51. The second-order valence-electron chi connectivity index (χ2n) is 4.50. The molecule has 1 aromatic heterocycles. The number of aryl methyl sites for hydroxylation is 1. The molecule has 2 N–H and O–H groups in total. The van der Waals surface area contributed by atoms with Gasteiger partial charge in [-0.2, -0.15) is 0 Å². The van der Waals surface area contributed by atoms with Gasteiger partial charge in [0, 0.05) is 13.1 Å². The van der Waals surface area contributed by atoms with E-state index in [1.165, 1.54) is 4.68 Å². The summed E-state index contributed by atoms with van der Waals surface area (Å²) in [6.07, 6.45) is 0.364. The first kappa shape index (κ1) is 15.7. The van der Waals surface area contributed by atoms with Crippen molar-refractivity contribution in [3.63, 3.8) is 0 Å². The van der Waals surface area contributed by atoms with E-state index in [-0.39, 0.29) is 17.3 Å². The van der Waals surface area contributed by atoms with E-state index in [1.54, 1.807) is 7.05 Å². The van der Waals surface area contributed by atoms with Crippen LogP contribution in [0, 0.1) is 0 Å². The molecule has 1 fully saturated rings. The fourth-order valence-electron chi connectivity index (χ4n) is 1.77. The molecule has 0 aromatic carbocycles. The van der Waals surface area contributed by atoms with Gasteiger partial charge in [-0.3, -0.25) is 10.1 Å². The monoisotopic (exact) mass is 334 g/mol. The molecule has 116 valence electrons. The average molecular weight is 334 g/mol. The maximum Gasteiger partial charge on any atom is 0.321 e. The molecular weight excluding hydrogens is 320 g/mol. The van der Waals surface area contributed by atoms with Crippen LogP contribution in [-0.4, -0.2) is 63.9 Å². The van der Waals surface area contributed by atoms with E-state index in [0.717, 1.165) is 11.8 Å². The van der Waals surface area contributed by atoms with Crippen LogP contribution in [0.5, 0.6) is 0 Å². The number of nitrogens with zero attached hydrogens (tertiary/aromatic N) is 4. The van der Waals surface area contributed by atoms with Crippen LogP contribution in [0.15, 0.2) is 5.16 Å². The molecule has 0 bridgehead atoms. The number of urea groups is 1. The zero-order valence-corrected chi connectivity index (χ0v) is 12.8. The van der Waals surface area contributed by atoms with Crippen molar-refractivity contribution in [1.29, 1.82) is 0 Å². The van der Waals surface area contributed by atoms with Crippen LogP contribution in [0.2, 0.25) is 0 Å². The molecule has 21 heavy (non-hydrogen) atoms. The highest BCUT2D eigenvalue weighted by molar-refractivity contribution is 7.99. The topological polar surface area (TPSA) is 136 Å². The van der Waals surface area contributed by atoms with Crippen LogP contribution in [0.4, 0.5) is 4.79 Å². The van der Waals surface area contributed by atoms with Crippen molar-refractivity contribution < 1.29 is 18.0 Å². The third kappa shape index (κ3) is 4.67. The molecule has 1 unspecified atom stereocenters. The fourth-order valence-corrected chi connectivity index (χ4v) is 4.09. The first-order valence-corrected chi connectivity index (χ1v) is 8.82. The molecule has 0 spiro atoms. The van der Waals surface area contributed by atoms with E-state index in [9.17, 15) is 18.0 Å². The molecule has 1 aliphatic rings. The zero-order chi connectivity index (χ0) is 15.5. The lowest BCUT2D eigenvalue weighted by atomic mass is 10.3. The van der Waals surface area contributed by atoms with E-state index < -0.39 is 27.8 Å². The summed E-state index contributed by atoms with van der Waals surface area (Å²) < 4.78 is 23.9. The van der Waals surface area contributed by atoms with Crippen LogP contribution in [0.25, 0.3) is 0 Å². The van der Waals surface area contributed by atoms with Crippen molar-refractivity contribution >= 4 is 33.5 Å². The van der Waals surface area contributed by atoms with E-state index >= 15 is 0 Å². The molecule has 1 atom stereocenters. The minimum Gasteiger partial charge on any atom is -0.334 e. The van der Waals surface area contributed by atoms with Gasteiger partial charge >= 0.3 is 6.03 Å². The lowest BCUT2D eigenvalue weighted by Crippen LogP contribution is -2.45. The maximum absolute atomic E-state index is 11.6. The molecule has 12 heteroatoms. The number of carbonyl (C=O) groups excluding carboxylic acids is 2. The van der Waals surface area contributed by atoms with Crippen LogP contribution in [-0.2, 0) is 21.7 Å². The Morgan fingerprint density at radius 1 is 1.48 bits per heavy atom.